The number of rotatable bonds is 4. The number of nitrogens with two attached hydrogens (primary N) is 1. The first kappa shape index (κ1) is 15.8. The fourth-order valence-corrected chi connectivity index (χ4v) is 3.70. The summed E-state index contributed by atoms with van der Waals surface area (Å²) in [5.41, 5.74) is 6.41. The summed E-state index contributed by atoms with van der Waals surface area (Å²) in [5, 5.41) is 3.61. The van der Waals surface area contributed by atoms with Gasteiger partial charge in [0.2, 0.25) is 0 Å². The fourth-order valence-electron chi connectivity index (χ4n) is 2.84. The third-order valence-corrected chi connectivity index (χ3v) is 4.59. The minimum Gasteiger partial charge on any atom is -0.348 e. The third-order valence-electron chi connectivity index (χ3n) is 3.91. The number of carbonyl (C=O) groups excluding carboxylic acids is 1. The van der Waals surface area contributed by atoms with Crippen molar-refractivity contribution in [3.05, 3.63) is 33.3 Å². The molecule has 0 aliphatic heterocycles. The van der Waals surface area contributed by atoms with E-state index < -0.39 is 0 Å². The number of halogens is 2. The Hall–Kier alpha value is -0.580. The summed E-state index contributed by atoms with van der Waals surface area (Å²) in [7, 11) is 0. The van der Waals surface area contributed by atoms with Crippen LogP contribution in [0.15, 0.2) is 22.7 Å². The van der Waals surface area contributed by atoms with Crippen molar-refractivity contribution in [2.24, 2.45) is 11.7 Å². The van der Waals surface area contributed by atoms with Gasteiger partial charge in [-0.3, -0.25) is 4.79 Å². The van der Waals surface area contributed by atoms with Gasteiger partial charge in [0.15, 0.2) is 0 Å². The predicted molar refractivity (Wildman–Crippen MR) is 86.0 cm³/mol. The van der Waals surface area contributed by atoms with Crippen molar-refractivity contribution in [2.45, 2.75) is 38.1 Å². The molecule has 0 bridgehead atoms. The van der Waals surface area contributed by atoms with Gasteiger partial charge in [-0.05, 0) is 37.0 Å². The van der Waals surface area contributed by atoms with E-state index >= 15 is 0 Å². The first-order chi connectivity index (χ1) is 9.60. The van der Waals surface area contributed by atoms with Crippen molar-refractivity contribution in [2.75, 3.05) is 6.54 Å². The van der Waals surface area contributed by atoms with E-state index in [1.54, 1.807) is 18.2 Å². The van der Waals surface area contributed by atoms with Gasteiger partial charge in [0.1, 0.15) is 0 Å². The van der Waals surface area contributed by atoms with Crippen LogP contribution in [0.1, 0.15) is 42.5 Å². The van der Waals surface area contributed by atoms with Gasteiger partial charge in [0.05, 0.1) is 0 Å². The number of nitrogens with one attached hydrogen (secondary N) is 1. The highest BCUT2D eigenvalue weighted by Gasteiger charge is 2.24. The molecule has 0 aromatic heterocycles. The van der Waals surface area contributed by atoms with Crippen molar-refractivity contribution in [1.29, 1.82) is 0 Å². The number of amides is 1. The quantitative estimate of drug-likeness (QED) is 0.860. The Bertz CT molecular complexity index is 455. The zero-order valence-corrected chi connectivity index (χ0v) is 13.7. The van der Waals surface area contributed by atoms with Gasteiger partial charge in [-0.25, -0.2) is 0 Å². The molecule has 1 aliphatic rings. The molecule has 1 aromatic carbocycles. The van der Waals surface area contributed by atoms with Crippen LogP contribution in [0.5, 0.6) is 0 Å². The second-order valence-corrected chi connectivity index (χ2v) is 6.72. The van der Waals surface area contributed by atoms with E-state index in [-0.39, 0.29) is 11.9 Å². The van der Waals surface area contributed by atoms with Crippen molar-refractivity contribution in [3.8, 4) is 0 Å². The maximum Gasteiger partial charge on any atom is 0.251 e. The topological polar surface area (TPSA) is 55.1 Å². The molecule has 5 heteroatoms. The zero-order chi connectivity index (χ0) is 14.5. The van der Waals surface area contributed by atoms with Crippen LogP contribution in [-0.4, -0.2) is 18.5 Å². The summed E-state index contributed by atoms with van der Waals surface area (Å²) in [6.45, 7) is 0.484. The molecule has 0 radical (unpaired) electrons. The van der Waals surface area contributed by atoms with Crippen LogP contribution in [0.3, 0.4) is 0 Å². The highest BCUT2D eigenvalue weighted by Crippen LogP contribution is 2.26. The molecule has 0 spiro atoms. The summed E-state index contributed by atoms with van der Waals surface area (Å²) in [4.78, 5) is 12.3. The van der Waals surface area contributed by atoms with Gasteiger partial charge in [0.25, 0.3) is 5.91 Å². The summed E-state index contributed by atoms with van der Waals surface area (Å²) in [5.74, 6) is 0.398. The largest absolute Gasteiger partial charge is 0.348 e. The molecule has 1 atom stereocenters. The van der Waals surface area contributed by atoms with E-state index in [1.807, 2.05) is 0 Å². The Labute approximate surface area is 133 Å². The number of hydrogen-bond donors (Lipinski definition) is 2. The Morgan fingerprint density at radius 2 is 2.05 bits per heavy atom. The van der Waals surface area contributed by atoms with Crippen LogP contribution in [0.2, 0.25) is 5.02 Å². The monoisotopic (exact) mass is 358 g/mol. The SMILES string of the molecule is NCC(NC(=O)c1cc(Cl)cc(Br)c1)C1CCCCC1. The van der Waals surface area contributed by atoms with Crippen LogP contribution < -0.4 is 11.1 Å². The lowest BCUT2D eigenvalue weighted by Gasteiger charge is -2.30. The van der Waals surface area contributed by atoms with Gasteiger partial charge in [-0.15, -0.1) is 0 Å². The van der Waals surface area contributed by atoms with E-state index in [0.717, 1.165) is 17.3 Å². The smallest absolute Gasteiger partial charge is 0.251 e. The van der Waals surface area contributed by atoms with Gasteiger partial charge in [-0.1, -0.05) is 46.8 Å². The molecule has 1 aromatic rings. The summed E-state index contributed by atoms with van der Waals surface area (Å²) >= 11 is 9.33. The molecule has 0 saturated heterocycles. The van der Waals surface area contributed by atoms with Crippen molar-refractivity contribution in [1.82, 2.24) is 5.32 Å². The second-order valence-electron chi connectivity index (χ2n) is 5.37. The van der Waals surface area contributed by atoms with E-state index in [9.17, 15) is 4.79 Å². The molecule has 1 aliphatic carbocycles. The minimum absolute atomic E-state index is 0.0561. The van der Waals surface area contributed by atoms with Gasteiger partial charge < -0.3 is 11.1 Å². The highest BCUT2D eigenvalue weighted by atomic mass is 79.9. The standard InChI is InChI=1S/C15H20BrClN2O/c16-12-6-11(7-13(17)8-12)15(20)19-14(9-18)10-4-2-1-3-5-10/h6-8,10,14H,1-5,9,18H2,(H,19,20). The summed E-state index contributed by atoms with van der Waals surface area (Å²) in [6.07, 6.45) is 6.07. The molecule has 1 unspecified atom stereocenters. The molecule has 1 amide bonds. The predicted octanol–water partition coefficient (Wildman–Crippen LogP) is 3.74. The van der Waals surface area contributed by atoms with Crippen LogP contribution in [-0.2, 0) is 0 Å². The number of carbonyl (C=O) groups is 1. The molecular formula is C15H20BrClN2O. The van der Waals surface area contributed by atoms with Gasteiger partial charge in [-0.2, -0.15) is 0 Å². The normalized spacial score (nSPS) is 17.8. The minimum atomic E-state index is -0.103. The Balaban J connectivity index is 2.04. The molecule has 2 rings (SSSR count). The average molecular weight is 360 g/mol. The van der Waals surface area contributed by atoms with Crippen molar-refractivity contribution in [3.63, 3.8) is 0 Å². The summed E-state index contributed by atoms with van der Waals surface area (Å²) < 4.78 is 0.803. The maximum atomic E-state index is 12.3. The lowest BCUT2D eigenvalue weighted by atomic mass is 9.84. The van der Waals surface area contributed by atoms with E-state index in [1.165, 1.54) is 19.3 Å². The van der Waals surface area contributed by atoms with E-state index in [4.69, 9.17) is 17.3 Å². The van der Waals surface area contributed by atoms with E-state index in [2.05, 4.69) is 21.2 Å². The number of hydrogen-bond acceptors (Lipinski definition) is 2. The highest BCUT2D eigenvalue weighted by molar-refractivity contribution is 9.10. The summed E-state index contributed by atoms with van der Waals surface area (Å²) in [6, 6.07) is 5.27. The van der Waals surface area contributed by atoms with Crippen molar-refractivity contribution < 1.29 is 4.79 Å². The van der Waals surface area contributed by atoms with Crippen LogP contribution >= 0.6 is 27.5 Å². The molecule has 1 fully saturated rings. The third kappa shape index (κ3) is 4.21. The molecule has 110 valence electrons. The number of benzene rings is 1. The first-order valence-electron chi connectivity index (χ1n) is 7.07. The van der Waals surface area contributed by atoms with Gasteiger partial charge in [0, 0.05) is 27.6 Å². The average Bonchev–Trinajstić information content (AvgIpc) is 2.44. The maximum absolute atomic E-state index is 12.3. The Morgan fingerprint density at radius 3 is 2.65 bits per heavy atom. The first-order valence-corrected chi connectivity index (χ1v) is 8.24. The lowest BCUT2D eigenvalue weighted by Crippen LogP contribution is -2.45. The van der Waals surface area contributed by atoms with Crippen LogP contribution in [0, 0.1) is 5.92 Å². The van der Waals surface area contributed by atoms with Gasteiger partial charge >= 0.3 is 0 Å². The molecule has 0 heterocycles. The van der Waals surface area contributed by atoms with Crippen molar-refractivity contribution >= 4 is 33.4 Å². The van der Waals surface area contributed by atoms with Crippen LogP contribution in [0.25, 0.3) is 0 Å². The Morgan fingerprint density at radius 1 is 1.35 bits per heavy atom. The molecule has 3 N–H and O–H groups in total. The van der Waals surface area contributed by atoms with E-state index in [0.29, 0.717) is 23.0 Å². The second kappa shape index (κ2) is 7.43. The molecular weight excluding hydrogens is 340 g/mol. The zero-order valence-electron chi connectivity index (χ0n) is 11.4. The fraction of sp³-hybridized carbons (Fsp3) is 0.533. The lowest BCUT2D eigenvalue weighted by molar-refractivity contribution is 0.0915. The Kier molecular flexibility index (Phi) is 5.87. The molecule has 3 nitrogen and oxygen atoms in total. The molecule has 1 saturated carbocycles. The molecule has 20 heavy (non-hydrogen) atoms. The van der Waals surface area contributed by atoms with Crippen LogP contribution in [0.4, 0.5) is 0 Å².